The summed E-state index contributed by atoms with van der Waals surface area (Å²) in [6.45, 7) is 0. The summed E-state index contributed by atoms with van der Waals surface area (Å²) in [5, 5.41) is 9.50. The normalized spacial score (nSPS) is 20.4. The molecule has 0 aromatic heterocycles. The summed E-state index contributed by atoms with van der Waals surface area (Å²) in [6, 6.07) is 6.72. The molecule has 0 radical (unpaired) electrons. The third-order valence-corrected chi connectivity index (χ3v) is 2.78. The molecule has 1 saturated carbocycles. The number of para-hydroxylation sites is 1. The lowest BCUT2D eigenvalue weighted by Gasteiger charge is -2.20. The molecule has 2 rings (SSSR count). The van der Waals surface area contributed by atoms with Gasteiger partial charge in [0.25, 0.3) is 0 Å². The Labute approximate surface area is 77.2 Å². The first-order chi connectivity index (χ1) is 6.22. The minimum atomic E-state index is -1.27. The Morgan fingerprint density at radius 1 is 1.15 bits per heavy atom. The molecule has 0 spiro atoms. The van der Waals surface area contributed by atoms with E-state index in [1.54, 1.807) is 24.3 Å². The van der Waals surface area contributed by atoms with Gasteiger partial charge in [-0.3, -0.25) is 0 Å². The van der Waals surface area contributed by atoms with Crippen LogP contribution in [0.25, 0.3) is 0 Å². The van der Waals surface area contributed by atoms with E-state index in [-0.39, 0.29) is 5.75 Å². The molecule has 1 aromatic carbocycles. The van der Waals surface area contributed by atoms with Crippen LogP contribution in [0.5, 0.6) is 5.75 Å². The van der Waals surface area contributed by atoms with E-state index in [0.29, 0.717) is 18.4 Å². The Balaban J connectivity index is 2.39. The van der Waals surface area contributed by atoms with Gasteiger partial charge in [-0.25, -0.2) is 4.39 Å². The average molecular weight is 180 g/mol. The monoisotopic (exact) mass is 180 g/mol. The zero-order valence-corrected chi connectivity index (χ0v) is 7.46. The van der Waals surface area contributed by atoms with E-state index in [4.69, 9.17) is 0 Å². The smallest absolute Gasteiger partial charge is 0.139 e. The molecule has 0 saturated heterocycles. The van der Waals surface area contributed by atoms with Crippen LogP contribution < -0.4 is 0 Å². The highest BCUT2D eigenvalue weighted by Gasteiger charge is 2.37. The molecule has 2 heteroatoms. The number of phenolic OH excluding ortho intramolecular Hbond substituents is 1. The van der Waals surface area contributed by atoms with Gasteiger partial charge >= 0.3 is 0 Å². The van der Waals surface area contributed by atoms with Crippen LogP contribution in [0.15, 0.2) is 24.3 Å². The first-order valence-corrected chi connectivity index (χ1v) is 4.70. The van der Waals surface area contributed by atoms with Gasteiger partial charge in [-0.15, -0.1) is 0 Å². The fourth-order valence-electron chi connectivity index (χ4n) is 2.06. The van der Waals surface area contributed by atoms with Crippen molar-refractivity contribution in [1.82, 2.24) is 0 Å². The van der Waals surface area contributed by atoms with E-state index >= 15 is 0 Å². The molecule has 0 heterocycles. The summed E-state index contributed by atoms with van der Waals surface area (Å²) in [4.78, 5) is 0. The van der Waals surface area contributed by atoms with Gasteiger partial charge in [0, 0.05) is 5.56 Å². The summed E-state index contributed by atoms with van der Waals surface area (Å²) in [7, 11) is 0. The maximum Gasteiger partial charge on any atom is 0.139 e. The summed E-state index contributed by atoms with van der Waals surface area (Å²) >= 11 is 0. The number of halogens is 1. The van der Waals surface area contributed by atoms with E-state index in [1.165, 1.54) is 0 Å². The third-order valence-electron chi connectivity index (χ3n) is 2.78. The minimum Gasteiger partial charge on any atom is -0.508 e. The lowest BCUT2D eigenvalue weighted by Crippen LogP contribution is -2.14. The zero-order chi connectivity index (χ0) is 9.31. The Hall–Kier alpha value is -1.05. The molecule has 0 atom stereocenters. The van der Waals surface area contributed by atoms with Gasteiger partial charge in [0.15, 0.2) is 0 Å². The Morgan fingerprint density at radius 2 is 1.77 bits per heavy atom. The van der Waals surface area contributed by atoms with Crippen LogP contribution in [-0.4, -0.2) is 5.11 Å². The Morgan fingerprint density at radius 3 is 2.38 bits per heavy atom. The first-order valence-electron chi connectivity index (χ1n) is 4.70. The van der Waals surface area contributed by atoms with Crippen molar-refractivity contribution in [2.75, 3.05) is 0 Å². The molecule has 1 N–H and O–H groups in total. The van der Waals surface area contributed by atoms with E-state index in [2.05, 4.69) is 0 Å². The molecule has 1 fully saturated rings. The van der Waals surface area contributed by atoms with Gasteiger partial charge < -0.3 is 5.11 Å². The molecular formula is C11H13FO. The summed E-state index contributed by atoms with van der Waals surface area (Å²) in [5.74, 6) is 0.0897. The highest BCUT2D eigenvalue weighted by Crippen LogP contribution is 2.45. The molecule has 1 nitrogen and oxygen atoms in total. The van der Waals surface area contributed by atoms with E-state index < -0.39 is 5.67 Å². The predicted octanol–water partition coefficient (Wildman–Crippen LogP) is 3.13. The number of aromatic hydroxyl groups is 1. The van der Waals surface area contributed by atoms with Crippen LogP contribution in [-0.2, 0) is 5.67 Å². The third kappa shape index (κ3) is 1.41. The van der Waals surface area contributed by atoms with Crippen molar-refractivity contribution in [3.8, 4) is 5.75 Å². The fourth-order valence-corrected chi connectivity index (χ4v) is 2.06. The standard InChI is InChI=1S/C11H13FO/c12-11(7-3-4-8-11)9-5-1-2-6-10(9)13/h1-2,5-6,13H,3-4,7-8H2. The fraction of sp³-hybridized carbons (Fsp3) is 0.455. The van der Waals surface area contributed by atoms with Crippen LogP contribution in [0.3, 0.4) is 0 Å². The number of benzene rings is 1. The average Bonchev–Trinajstić information content (AvgIpc) is 2.54. The molecule has 70 valence electrons. The zero-order valence-electron chi connectivity index (χ0n) is 7.46. The molecule has 0 unspecified atom stereocenters. The van der Waals surface area contributed by atoms with Crippen molar-refractivity contribution in [2.24, 2.45) is 0 Å². The van der Waals surface area contributed by atoms with Gasteiger partial charge in [0.2, 0.25) is 0 Å². The highest BCUT2D eigenvalue weighted by molar-refractivity contribution is 5.37. The number of hydrogen-bond donors (Lipinski definition) is 1. The van der Waals surface area contributed by atoms with Crippen molar-refractivity contribution < 1.29 is 9.50 Å². The molecule has 0 bridgehead atoms. The molecule has 1 aliphatic rings. The summed E-state index contributed by atoms with van der Waals surface area (Å²) < 4.78 is 14.1. The largest absolute Gasteiger partial charge is 0.508 e. The van der Waals surface area contributed by atoms with Crippen molar-refractivity contribution >= 4 is 0 Å². The second-order valence-electron chi connectivity index (χ2n) is 3.69. The van der Waals surface area contributed by atoms with Crippen molar-refractivity contribution in [2.45, 2.75) is 31.4 Å². The van der Waals surface area contributed by atoms with E-state index in [1.807, 2.05) is 0 Å². The van der Waals surface area contributed by atoms with Crippen LogP contribution in [0.1, 0.15) is 31.2 Å². The van der Waals surface area contributed by atoms with Crippen LogP contribution in [0, 0.1) is 0 Å². The Bertz CT molecular complexity index is 303. The van der Waals surface area contributed by atoms with E-state index in [0.717, 1.165) is 12.8 Å². The summed E-state index contributed by atoms with van der Waals surface area (Å²) in [6.07, 6.45) is 2.94. The first kappa shape index (κ1) is 8.54. The molecule has 1 aliphatic carbocycles. The minimum absolute atomic E-state index is 0.0897. The maximum atomic E-state index is 14.1. The number of alkyl halides is 1. The second-order valence-corrected chi connectivity index (χ2v) is 3.69. The molecular weight excluding hydrogens is 167 g/mol. The highest BCUT2D eigenvalue weighted by atomic mass is 19.1. The Kier molecular flexibility index (Phi) is 1.98. The lowest BCUT2D eigenvalue weighted by molar-refractivity contribution is 0.169. The van der Waals surface area contributed by atoms with Crippen LogP contribution in [0.4, 0.5) is 4.39 Å². The SMILES string of the molecule is Oc1ccccc1C1(F)CCCC1. The predicted molar refractivity (Wildman–Crippen MR) is 49.4 cm³/mol. The van der Waals surface area contributed by atoms with Crippen molar-refractivity contribution in [3.05, 3.63) is 29.8 Å². The topological polar surface area (TPSA) is 20.2 Å². The number of phenols is 1. The van der Waals surface area contributed by atoms with Gasteiger partial charge in [0.05, 0.1) is 0 Å². The lowest BCUT2D eigenvalue weighted by atomic mass is 9.93. The molecule has 1 aromatic rings. The van der Waals surface area contributed by atoms with Gasteiger partial charge in [-0.2, -0.15) is 0 Å². The quantitative estimate of drug-likeness (QED) is 0.704. The molecule has 13 heavy (non-hydrogen) atoms. The van der Waals surface area contributed by atoms with Crippen LogP contribution in [0.2, 0.25) is 0 Å². The van der Waals surface area contributed by atoms with Gasteiger partial charge in [0.1, 0.15) is 11.4 Å². The van der Waals surface area contributed by atoms with Crippen molar-refractivity contribution in [3.63, 3.8) is 0 Å². The summed E-state index contributed by atoms with van der Waals surface area (Å²) in [5.41, 5.74) is -0.807. The number of rotatable bonds is 1. The molecule has 0 aliphatic heterocycles. The van der Waals surface area contributed by atoms with Crippen molar-refractivity contribution in [1.29, 1.82) is 0 Å². The van der Waals surface area contributed by atoms with Gasteiger partial charge in [-0.1, -0.05) is 18.2 Å². The van der Waals surface area contributed by atoms with E-state index in [9.17, 15) is 9.50 Å². The maximum absolute atomic E-state index is 14.1. The van der Waals surface area contributed by atoms with Gasteiger partial charge in [-0.05, 0) is 31.7 Å². The second kappa shape index (κ2) is 3.02. The molecule has 0 amide bonds. The van der Waals surface area contributed by atoms with Crippen LogP contribution >= 0.6 is 0 Å². The number of hydrogen-bond acceptors (Lipinski definition) is 1.